The normalized spacial score (nSPS) is 18.8. The smallest absolute Gasteiger partial charge is 0.134 e. The summed E-state index contributed by atoms with van der Waals surface area (Å²) in [6.07, 6.45) is 4.78. The molecule has 25 heavy (non-hydrogen) atoms. The summed E-state index contributed by atoms with van der Waals surface area (Å²) >= 11 is 0. The fourth-order valence-corrected chi connectivity index (χ4v) is 3.49. The summed E-state index contributed by atoms with van der Waals surface area (Å²) in [7, 11) is 0. The van der Waals surface area contributed by atoms with Crippen LogP contribution in [0.3, 0.4) is 0 Å². The summed E-state index contributed by atoms with van der Waals surface area (Å²) in [5, 5.41) is 12.9. The van der Waals surface area contributed by atoms with Crippen molar-refractivity contribution in [3.8, 4) is 0 Å². The zero-order valence-electron chi connectivity index (χ0n) is 15.2. The lowest BCUT2D eigenvalue weighted by Gasteiger charge is -2.32. The van der Waals surface area contributed by atoms with Gasteiger partial charge < -0.3 is 15.3 Å². The first-order chi connectivity index (χ1) is 12.2. The summed E-state index contributed by atoms with van der Waals surface area (Å²) in [4.78, 5) is 11.1. The van der Waals surface area contributed by atoms with E-state index in [4.69, 9.17) is 0 Å². The second-order valence-corrected chi connectivity index (χ2v) is 7.07. The molecule has 5 heteroatoms. The van der Waals surface area contributed by atoms with Gasteiger partial charge in [-0.3, -0.25) is 0 Å². The van der Waals surface area contributed by atoms with Gasteiger partial charge in [-0.2, -0.15) is 0 Å². The van der Waals surface area contributed by atoms with Gasteiger partial charge in [0.25, 0.3) is 0 Å². The van der Waals surface area contributed by atoms with Crippen LogP contribution < -0.4 is 10.2 Å². The van der Waals surface area contributed by atoms with Crippen molar-refractivity contribution in [2.75, 3.05) is 29.9 Å². The minimum absolute atomic E-state index is 0.250. The Bertz CT molecular complexity index is 691. The molecular formula is C20H28N4O. The number of nitrogens with one attached hydrogen (secondary N) is 1. The highest BCUT2D eigenvalue weighted by atomic mass is 16.3. The van der Waals surface area contributed by atoms with Gasteiger partial charge in [0.2, 0.25) is 0 Å². The van der Waals surface area contributed by atoms with E-state index < -0.39 is 0 Å². The number of aliphatic hydroxyl groups is 1. The van der Waals surface area contributed by atoms with Crippen LogP contribution in [0.1, 0.15) is 30.9 Å². The number of hydrogen-bond donors (Lipinski definition) is 2. The molecule has 1 aromatic carbocycles. The second-order valence-electron chi connectivity index (χ2n) is 7.07. The van der Waals surface area contributed by atoms with Crippen molar-refractivity contribution in [3.05, 3.63) is 47.8 Å². The van der Waals surface area contributed by atoms with Crippen molar-refractivity contribution in [1.82, 2.24) is 9.97 Å². The van der Waals surface area contributed by atoms with Gasteiger partial charge in [-0.25, -0.2) is 9.97 Å². The van der Waals surface area contributed by atoms with Crippen molar-refractivity contribution in [2.24, 2.45) is 5.92 Å². The van der Waals surface area contributed by atoms with E-state index >= 15 is 0 Å². The lowest BCUT2D eigenvalue weighted by atomic mass is 9.99. The highest BCUT2D eigenvalue weighted by molar-refractivity contribution is 5.49. The second kappa shape index (κ2) is 8.30. The third kappa shape index (κ3) is 4.69. The molecule has 0 saturated carbocycles. The van der Waals surface area contributed by atoms with E-state index in [1.54, 1.807) is 6.33 Å². The topological polar surface area (TPSA) is 61.3 Å². The van der Waals surface area contributed by atoms with E-state index in [0.29, 0.717) is 5.92 Å². The summed E-state index contributed by atoms with van der Waals surface area (Å²) in [6.45, 7) is 6.44. The number of nitrogens with zero attached hydrogens (tertiary/aromatic N) is 3. The van der Waals surface area contributed by atoms with E-state index in [-0.39, 0.29) is 12.6 Å². The monoisotopic (exact) mass is 340 g/mol. The number of benzene rings is 1. The van der Waals surface area contributed by atoms with Gasteiger partial charge in [0, 0.05) is 31.8 Å². The number of aryl methyl sites for hydroxylation is 1. The number of rotatable bonds is 6. The molecule has 3 rings (SSSR count). The Morgan fingerprint density at radius 2 is 2.16 bits per heavy atom. The first kappa shape index (κ1) is 17.7. The molecule has 2 aromatic rings. The maximum absolute atomic E-state index is 9.42. The summed E-state index contributed by atoms with van der Waals surface area (Å²) < 4.78 is 0. The molecule has 1 aliphatic heterocycles. The molecule has 2 N–H and O–H groups in total. The van der Waals surface area contributed by atoms with Crippen LogP contribution in [-0.4, -0.2) is 40.8 Å². The molecule has 1 fully saturated rings. The highest BCUT2D eigenvalue weighted by Crippen LogP contribution is 2.23. The van der Waals surface area contributed by atoms with Crippen LogP contribution in [-0.2, 0) is 6.42 Å². The molecule has 0 spiro atoms. The average Bonchev–Trinajstić information content (AvgIpc) is 2.64. The fraction of sp³-hybridized carbons (Fsp3) is 0.500. The molecule has 2 unspecified atom stereocenters. The Labute approximate surface area is 150 Å². The van der Waals surface area contributed by atoms with Crippen LogP contribution in [0.4, 0.5) is 11.6 Å². The molecule has 0 aliphatic carbocycles. The van der Waals surface area contributed by atoms with Crippen molar-refractivity contribution < 1.29 is 5.11 Å². The zero-order chi connectivity index (χ0) is 17.6. The maximum atomic E-state index is 9.42. The fourth-order valence-electron chi connectivity index (χ4n) is 3.49. The number of anilines is 2. The largest absolute Gasteiger partial charge is 0.396 e. The minimum atomic E-state index is 0.250. The SMILES string of the molecule is Cc1ccccc1CC(C)Nc1cc(N2CCCC(CO)C2)ncn1. The van der Waals surface area contributed by atoms with Gasteiger partial charge >= 0.3 is 0 Å². The van der Waals surface area contributed by atoms with Crippen molar-refractivity contribution in [2.45, 2.75) is 39.2 Å². The van der Waals surface area contributed by atoms with Gasteiger partial charge in [-0.05, 0) is 50.2 Å². The molecule has 0 radical (unpaired) electrons. The first-order valence-corrected chi connectivity index (χ1v) is 9.14. The molecule has 2 atom stereocenters. The molecule has 1 aliphatic rings. The van der Waals surface area contributed by atoms with Crippen LogP contribution in [0.25, 0.3) is 0 Å². The van der Waals surface area contributed by atoms with Gasteiger partial charge in [0.05, 0.1) is 0 Å². The lowest BCUT2D eigenvalue weighted by Crippen LogP contribution is -2.37. The predicted octanol–water partition coefficient (Wildman–Crippen LogP) is 3.04. The Morgan fingerprint density at radius 1 is 1.32 bits per heavy atom. The van der Waals surface area contributed by atoms with Gasteiger partial charge in [-0.1, -0.05) is 24.3 Å². The summed E-state index contributed by atoms with van der Waals surface area (Å²) in [5.41, 5.74) is 2.68. The van der Waals surface area contributed by atoms with Crippen LogP contribution >= 0.6 is 0 Å². The molecule has 2 heterocycles. The highest BCUT2D eigenvalue weighted by Gasteiger charge is 2.20. The molecule has 0 amide bonds. The van der Waals surface area contributed by atoms with E-state index in [9.17, 15) is 5.11 Å². The molecule has 1 aromatic heterocycles. The van der Waals surface area contributed by atoms with Gasteiger partial charge in [0.15, 0.2) is 0 Å². The quantitative estimate of drug-likeness (QED) is 0.846. The van der Waals surface area contributed by atoms with Crippen LogP contribution in [0.2, 0.25) is 0 Å². The van der Waals surface area contributed by atoms with Gasteiger partial charge in [-0.15, -0.1) is 0 Å². The summed E-state index contributed by atoms with van der Waals surface area (Å²) in [6, 6.07) is 10.8. The number of piperidine rings is 1. The third-order valence-electron chi connectivity index (χ3n) is 4.94. The minimum Gasteiger partial charge on any atom is -0.396 e. The Morgan fingerprint density at radius 3 is 2.96 bits per heavy atom. The molecule has 134 valence electrons. The predicted molar refractivity (Wildman–Crippen MR) is 102 cm³/mol. The number of aromatic nitrogens is 2. The first-order valence-electron chi connectivity index (χ1n) is 9.14. The van der Waals surface area contributed by atoms with E-state index in [2.05, 4.69) is 58.3 Å². The van der Waals surface area contributed by atoms with E-state index in [1.165, 1.54) is 11.1 Å². The van der Waals surface area contributed by atoms with Crippen molar-refractivity contribution in [1.29, 1.82) is 0 Å². The van der Waals surface area contributed by atoms with Crippen molar-refractivity contribution in [3.63, 3.8) is 0 Å². The third-order valence-corrected chi connectivity index (χ3v) is 4.94. The van der Waals surface area contributed by atoms with Crippen LogP contribution in [0, 0.1) is 12.8 Å². The van der Waals surface area contributed by atoms with Crippen LogP contribution in [0.5, 0.6) is 0 Å². The lowest BCUT2D eigenvalue weighted by molar-refractivity contribution is 0.208. The Kier molecular flexibility index (Phi) is 5.87. The average molecular weight is 340 g/mol. The van der Waals surface area contributed by atoms with Crippen molar-refractivity contribution >= 4 is 11.6 Å². The molecule has 5 nitrogen and oxygen atoms in total. The number of hydrogen-bond acceptors (Lipinski definition) is 5. The molecule has 1 saturated heterocycles. The Balaban J connectivity index is 1.64. The number of aliphatic hydroxyl groups excluding tert-OH is 1. The molecular weight excluding hydrogens is 312 g/mol. The van der Waals surface area contributed by atoms with E-state index in [0.717, 1.165) is 44.0 Å². The standard InChI is InChI=1S/C20H28N4O/c1-15-6-3-4-8-18(15)10-16(2)23-19-11-20(22-14-21-19)24-9-5-7-17(12-24)13-25/h3-4,6,8,11,14,16-17,25H,5,7,9-10,12-13H2,1-2H3,(H,21,22,23). The zero-order valence-corrected chi connectivity index (χ0v) is 15.2. The van der Waals surface area contributed by atoms with Crippen LogP contribution in [0.15, 0.2) is 36.7 Å². The maximum Gasteiger partial charge on any atom is 0.134 e. The Hall–Kier alpha value is -2.14. The van der Waals surface area contributed by atoms with E-state index in [1.807, 2.05) is 6.07 Å². The molecule has 0 bridgehead atoms. The summed E-state index contributed by atoms with van der Waals surface area (Å²) in [5.74, 6) is 2.15. The van der Waals surface area contributed by atoms with Gasteiger partial charge in [0.1, 0.15) is 18.0 Å².